The van der Waals surface area contributed by atoms with E-state index in [2.05, 4.69) is 197 Å². The van der Waals surface area contributed by atoms with E-state index in [1.807, 2.05) is 24.7 Å². The number of pyridine rings is 1. The summed E-state index contributed by atoms with van der Waals surface area (Å²) >= 11 is 0. The van der Waals surface area contributed by atoms with Crippen molar-refractivity contribution in [3.05, 3.63) is 181 Å². The molecule has 3 aromatic heterocycles. The zero-order valence-corrected chi connectivity index (χ0v) is 36.7. The van der Waals surface area contributed by atoms with Crippen molar-refractivity contribution >= 4 is 21.8 Å². The summed E-state index contributed by atoms with van der Waals surface area (Å²) in [6, 6.07) is 54.0. The third-order valence-electron chi connectivity index (χ3n) is 11.0. The van der Waals surface area contributed by atoms with Crippen molar-refractivity contribution in [1.82, 2.24) is 19.1 Å². The van der Waals surface area contributed by atoms with Crippen LogP contribution >= 0.6 is 0 Å². The zero-order valence-electron chi connectivity index (χ0n) is 34.4. The van der Waals surface area contributed by atoms with E-state index >= 15 is 0 Å². The summed E-state index contributed by atoms with van der Waals surface area (Å²) in [5.41, 5.74) is 12.8. The molecule has 5 nitrogen and oxygen atoms in total. The molecule has 59 heavy (non-hydrogen) atoms. The summed E-state index contributed by atoms with van der Waals surface area (Å²) < 4.78 is 11.0. The van der Waals surface area contributed by atoms with Gasteiger partial charge in [-0.15, -0.1) is 34.7 Å². The third-order valence-corrected chi connectivity index (χ3v) is 11.0. The first-order valence-electron chi connectivity index (χ1n) is 19.9. The maximum Gasteiger partial charge on any atom is 2.00 e. The normalized spacial score (nSPS) is 11.8. The summed E-state index contributed by atoms with van der Waals surface area (Å²) in [4.78, 5) is 9.88. The molecule has 0 N–H and O–H groups in total. The van der Waals surface area contributed by atoms with Gasteiger partial charge >= 0.3 is 21.1 Å². The van der Waals surface area contributed by atoms with Gasteiger partial charge in [0.25, 0.3) is 0 Å². The second kappa shape index (κ2) is 15.6. The quantitative estimate of drug-likeness (QED) is 0.150. The number of benzene rings is 6. The molecule has 0 atom stereocenters. The number of ether oxygens (including phenoxy) is 1. The topological polar surface area (TPSA) is 44.9 Å². The number of nitrogens with zero attached hydrogens (tertiary/aromatic N) is 4. The van der Waals surface area contributed by atoms with Crippen LogP contribution in [-0.4, -0.2) is 19.1 Å². The van der Waals surface area contributed by atoms with E-state index in [1.165, 1.54) is 11.1 Å². The van der Waals surface area contributed by atoms with Gasteiger partial charge < -0.3 is 13.9 Å². The minimum absolute atomic E-state index is 0. The van der Waals surface area contributed by atoms with Crippen molar-refractivity contribution in [2.75, 3.05) is 0 Å². The molecule has 6 aromatic carbocycles. The number of hydrogen-bond donors (Lipinski definition) is 0. The number of aryl methyl sites for hydroxylation is 1. The number of imidazole rings is 1. The molecule has 0 radical (unpaired) electrons. The van der Waals surface area contributed by atoms with E-state index < -0.39 is 0 Å². The predicted molar refractivity (Wildman–Crippen MR) is 238 cm³/mol. The molecule has 0 unspecified atom stereocenters. The Morgan fingerprint density at radius 3 is 2.05 bits per heavy atom. The number of fused-ring (bicyclic) bond motifs is 3. The van der Waals surface area contributed by atoms with Gasteiger partial charge in [0.15, 0.2) is 0 Å². The van der Waals surface area contributed by atoms with Gasteiger partial charge in [0.05, 0.1) is 12.0 Å². The molecule has 0 spiro atoms. The van der Waals surface area contributed by atoms with Crippen LogP contribution in [0.3, 0.4) is 0 Å². The van der Waals surface area contributed by atoms with E-state index in [0.717, 1.165) is 72.4 Å². The van der Waals surface area contributed by atoms with Crippen molar-refractivity contribution < 1.29 is 25.8 Å². The van der Waals surface area contributed by atoms with Crippen LogP contribution in [0.4, 0.5) is 0 Å². The van der Waals surface area contributed by atoms with Gasteiger partial charge in [0.1, 0.15) is 5.82 Å². The van der Waals surface area contributed by atoms with Crippen LogP contribution in [-0.2, 0) is 31.9 Å². The van der Waals surface area contributed by atoms with E-state index in [9.17, 15) is 0 Å². The Kier molecular flexibility index (Phi) is 10.5. The number of para-hydroxylation sites is 2. The molecule has 0 fully saturated rings. The van der Waals surface area contributed by atoms with Crippen molar-refractivity contribution in [1.29, 1.82) is 0 Å². The van der Waals surface area contributed by atoms with Crippen molar-refractivity contribution in [3.63, 3.8) is 0 Å². The molecule has 9 rings (SSSR count). The van der Waals surface area contributed by atoms with E-state index in [1.54, 1.807) is 0 Å². The number of rotatable bonds is 7. The van der Waals surface area contributed by atoms with Gasteiger partial charge in [0.2, 0.25) is 0 Å². The third kappa shape index (κ3) is 7.80. The average Bonchev–Trinajstić information content (AvgIpc) is 3.84. The van der Waals surface area contributed by atoms with E-state index in [-0.39, 0.29) is 31.9 Å². The van der Waals surface area contributed by atoms with Gasteiger partial charge in [-0.25, -0.2) is 4.98 Å². The Morgan fingerprint density at radius 2 is 1.29 bits per heavy atom. The minimum atomic E-state index is -0.146. The fraction of sp³-hybridized carbons (Fsp3) is 0.170. The summed E-state index contributed by atoms with van der Waals surface area (Å²) in [5.74, 6) is 2.03. The molecular formula is C53H46N4OPt. The van der Waals surface area contributed by atoms with Crippen LogP contribution in [0.25, 0.3) is 66.8 Å². The molecule has 0 saturated heterocycles. The molecule has 0 saturated carbocycles. The molecule has 6 heteroatoms. The van der Waals surface area contributed by atoms with Gasteiger partial charge in [-0.2, -0.15) is 6.07 Å². The summed E-state index contributed by atoms with van der Waals surface area (Å²) in [6.07, 6.45) is 5.92. The standard InChI is InChI=1S/C53H46N4O.Pt/c1-35-32-54-51(31-46(35)37-21-23-39(24-22-37)52(2,3)4)57-49-20-14-12-18-44(49)45-26-25-41(30-50(45)57)58-42-28-38(27-40(29-42)53(5,6)7)47-33-56(34-55-47)48-19-13-11-17-43(48)36-15-9-8-10-16-36;/h8-27,29,31-34H,1-7H3;/q-2;+2. The maximum absolute atomic E-state index is 6.71. The van der Waals surface area contributed by atoms with Crippen molar-refractivity contribution in [3.8, 4) is 56.5 Å². The molecule has 9 aromatic rings. The first-order chi connectivity index (χ1) is 27.9. The molecule has 0 bridgehead atoms. The van der Waals surface area contributed by atoms with Crippen LogP contribution < -0.4 is 4.74 Å². The monoisotopic (exact) mass is 949 g/mol. The molecule has 0 aliphatic carbocycles. The van der Waals surface area contributed by atoms with Crippen LogP contribution in [0.1, 0.15) is 58.2 Å². The van der Waals surface area contributed by atoms with Crippen LogP contribution in [0, 0.1) is 19.1 Å². The Labute approximate surface area is 361 Å². The van der Waals surface area contributed by atoms with Gasteiger partial charge in [0, 0.05) is 34.5 Å². The molecule has 0 aliphatic heterocycles. The van der Waals surface area contributed by atoms with Gasteiger partial charge in [-0.05, 0) is 75.4 Å². The Balaban J connectivity index is 0.00000484. The number of hydrogen-bond acceptors (Lipinski definition) is 3. The van der Waals surface area contributed by atoms with Crippen LogP contribution in [0.2, 0.25) is 0 Å². The average molecular weight is 950 g/mol. The fourth-order valence-electron chi connectivity index (χ4n) is 7.71. The van der Waals surface area contributed by atoms with Gasteiger partial charge in [-0.1, -0.05) is 150 Å². The Hall–Kier alpha value is -6.03. The van der Waals surface area contributed by atoms with Gasteiger partial charge in [-0.3, -0.25) is 4.98 Å². The van der Waals surface area contributed by atoms with Crippen molar-refractivity contribution in [2.24, 2.45) is 0 Å². The predicted octanol–water partition coefficient (Wildman–Crippen LogP) is 13.7. The van der Waals surface area contributed by atoms with Crippen LogP contribution in [0.15, 0.2) is 152 Å². The molecule has 3 heterocycles. The minimum Gasteiger partial charge on any atom is -0.503 e. The second-order valence-corrected chi connectivity index (χ2v) is 17.2. The second-order valence-electron chi connectivity index (χ2n) is 17.2. The van der Waals surface area contributed by atoms with E-state index in [0.29, 0.717) is 11.5 Å². The SMILES string of the molecule is Cc1cnc(-n2c3[c-]c(Oc4[c-]c(-c5cn(-c6ccccc6-c6ccccc6)cn5)cc(C(C)(C)C)c4)ccc3c3ccccc32)cc1-c1ccc(C(C)(C)C)cc1.[Pt+2]. The summed E-state index contributed by atoms with van der Waals surface area (Å²) in [7, 11) is 0. The Bertz CT molecular complexity index is 2950. The smallest absolute Gasteiger partial charge is 0.503 e. The molecule has 294 valence electrons. The first-order valence-corrected chi connectivity index (χ1v) is 19.9. The molecule has 0 amide bonds. The van der Waals surface area contributed by atoms with Crippen molar-refractivity contribution in [2.45, 2.75) is 59.3 Å². The zero-order chi connectivity index (χ0) is 40.2. The molecular weight excluding hydrogens is 904 g/mol. The number of aromatic nitrogens is 4. The summed E-state index contributed by atoms with van der Waals surface area (Å²) in [5, 5.41) is 2.21. The molecule has 0 aliphatic rings. The fourth-order valence-corrected chi connectivity index (χ4v) is 7.71. The Morgan fingerprint density at radius 1 is 0.593 bits per heavy atom. The largest absolute Gasteiger partial charge is 2.00 e. The van der Waals surface area contributed by atoms with Crippen LogP contribution in [0.5, 0.6) is 11.5 Å². The summed E-state index contributed by atoms with van der Waals surface area (Å²) in [6.45, 7) is 15.5. The first kappa shape index (κ1) is 39.8. The van der Waals surface area contributed by atoms with E-state index in [4.69, 9.17) is 14.7 Å². The maximum atomic E-state index is 6.71.